The number of carbonyl (C=O) groups is 1. The molecule has 6 nitrogen and oxygen atoms in total. The van der Waals surface area contributed by atoms with Crippen molar-refractivity contribution < 1.29 is 23.1 Å². The lowest BCUT2D eigenvalue weighted by atomic mass is 9.74. The van der Waals surface area contributed by atoms with Crippen LogP contribution in [0.4, 0.5) is 0 Å². The Morgan fingerprint density at radius 2 is 1.90 bits per heavy atom. The normalized spacial score (nSPS) is 18.4. The fourth-order valence-corrected chi connectivity index (χ4v) is 5.89. The topological polar surface area (TPSA) is 83.9 Å². The van der Waals surface area contributed by atoms with Gasteiger partial charge in [0.15, 0.2) is 0 Å². The van der Waals surface area contributed by atoms with Gasteiger partial charge in [0.2, 0.25) is 9.84 Å². The van der Waals surface area contributed by atoms with Crippen LogP contribution in [-0.4, -0.2) is 50.6 Å². The van der Waals surface area contributed by atoms with Crippen molar-refractivity contribution in [2.45, 2.75) is 41.4 Å². The molecule has 0 aromatic heterocycles. The molecule has 2 heterocycles. The minimum absolute atomic E-state index is 0.111. The Balaban J connectivity index is 1.56. The standard InChI is InChI=1S/C22H25NO5S/c1-16-4-2-3-5-20(16)29(26,27)17-6-7-18-19(14-17)28-15-22(18)9-12-23(13-10-22)11-8-21(24)25/h2-7,14H,8-13,15H2,1H3,(H,24,25). The molecule has 0 radical (unpaired) electrons. The van der Waals surface area contributed by atoms with Crippen LogP contribution in [0.25, 0.3) is 0 Å². The van der Waals surface area contributed by atoms with Gasteiger partial charge < -0.3 is 14.7 Å². The number of carboxylic acid groups (broad SMARTS) is 1. The molecule has 2 aliphatic heterocycles. The van der Waals surface area contributed by atoms with E-state index in [0.717, 1.165) is 37.1 Å². The first-order valence-corrected chi connectivity index (χ1v) is 11.3. The van der Waals surface area contributed by atoms with Crippen molar-refractivity contribution in [3.05, 3.63) is 53.6 Å². The first-order chi connectivity index (χ1) is 13.8. The summed E-state index contributed by atoms with van der Waals surface area (Å²) < 4.78 is 32.1. The van der Waals surface area contributed by atoms with Crippen LogP contribution in [0.15, 0.2) is 52.3 Å². The molecule has 2 aromatic rings. The second-order valence-electron chi connectivity index (χ2n) is 7.98. The van der Waals surface area contributed by atoms with Crippen molar-refractivity contribution in [2.75, 3.05) is 26.2 Å². The van der Waals surface area contributed by atoms with Gasteiger partial charge >= 0.3 is 5.97 Å². The van der Waals surface area contributed by atoms with E-state index in [1.165, 1.54) is 0 Å². The van der Waals surface area contributed by atoms with Crippen LogP contribution >= 0.6 is 0 Å². The number of hydrogen-bond donors (Lipinski definition) is 1. The molecule has 0 unspecified atom stereocenters. The summed E-state index contributed by atoms with van der Waals surface area (Å²) in [6.07, 6.45) is 1.91. The van der Waals surface area contributed by atoms with E-state index in [1.54, 1.807) is 37.3 Å². The molecule has 2 aromatic carbocycles. The van der Waals surface area contributed by atoms with Crippen molar-refractivity contribution in [2.24, 2.45) is 0 Å². The molecule has 7 heteroatoms. The molecule has 0 saturated carbocycles. The number of sulfone groups is 1. The zero-order chi connectivity index (χ0) is 20.6. The second kappa shape index (κ2) is 7.46. The van der Waals surface area contributed by atoms with Crippen molar-refractivity contribution in [3.8, 4) is 5.75 Å². The average Bonchev–Trinajstić information content (AvgIpc) is 3.05. The first kappa shape index (κ1) is 19.9. The number of nitrogens with zero attached hydrogens (tertiary/aromatic N) is 1. The number of aliphatic carboxylic acids is 1. The highest BCUT2D eigenvalue weighted by molar-refractivity contribution is 7.91. The van der Waals surface area contributed by atoms with Gasteiger partial charge in [-0.25, -0.2) is 8.42 Å². The summed E-state index contributed by atoms with van der Waals surface area (Å²) in [7, 11) is -3.60. The third-order valence-corrected chi connectivity index (χ3v) is 8.09. The average molecular weight is 416 g/mol. The van der Waals surface area contributed by atoms with Crippen LogP contribution < -0.4 is 4.74 Å². The number of likely N-dealkylation sites (tertiary alicyclic amines) is 1. The molecule has 29 heavy (non-hydrogen) atoms. The smallest absolute Gasteiger partial charge is 0.304 e. The van der Waals surface area contributed by atoms with Gasteiger partial charge in [-0.2, -0.15) is 0 Å². The molecule has 0 aliphatic carbocycles. The van der Waals surface area contributed by atoms with E-state index >= 15 is 0 Å². The molecular weight excluding hydrogens is 390 g/mol. The summed E-state index contributed by atoms with van der Waals surface area (Å²) in [6, 6.07) is 12.2. The van der Waals surface area contributed by atoms with Gasteiger partial charge in [-0.1, -0.05) is 24.3 Å². The van der Waals surface area contributed by atoms with Crippen LogP contribution in [0.3, 0.4) is 0 Å². The summed E-state index contributed by atoms with van der Waals surface area (Å²) in [4.78, 5) is 13.5. The fraction of sp³-hybridized carbons (Fsp3) is 0.409. The third-order valence-electron chi connectivity index (χ3n) is 6.18. The van der Waals surface area contributed by atoms with Gasteiger partial charge in [0.05, 0.1) is 22.8 Å². The summed E-state index contributed by atoms with van der Waals surface area (Å²) in [5.74, 6) is -0.124. The lowest BCUT2D eigenvalue weighted by Crippen LogP contribution is -2.44. The van der Waals surface area contributed by atoms with E-state index in [4.69, 9.17) is 9.84 Å². The molecule has 1 spiro atoms. The maximum absolute atomic E-state index is 13.1. The first-order valence-electron chi connectivity index (χ1n) is 9.84. The maximum atomic E-state index is 13.1. The Labute approximate surface area is 171 Å². The molecule has 2 aliphatic rings. The predicted octanol–water partition coefficient (Wildman–Crippen LogP) is 3.03. The molecule has 1 saturated heterocycles. The SMILES string of the molecule is Cc1ccccc1S(=O)(=O)c1ccc2c(c1)OCC21CCN(CCC(=O)O)CC1. The van der Waals surface area contributed by atoms with E-state index in [2.05, 4.69) is 4.90 Å². The molecule has 154 valence electrons. The van der Waals surface area contributed by atoms with E-state index < -0.39 is 15.8 Å². The Morgan fingerprint density at radius 1 is 1.17 bits per heavy atom. The Kier molecular flexibility index (Phi) is 5.12. The Morgan fingerprint density at radius 3 is 2.59 bits per heavy atom. The predicted molar refractivity (Wildman–Crippen MR) is 108 cm³/mol. The summed E-state index contributed by atoms with van der Waals surface area (Å²) in [5, 5.41) is 8.87. The van der Waals surface area contributed by atoms with Crippen LogP contribution in [0.2, 0.25) is 0 Å². The van der Waals surface area contributed by atoms with Crippen LogP contribution in [-0.2, 0) is 20.0 Å². The quantitative estimate of drug-likeness (QED) is 0.808. The second-order valence-corrected chi connectivity index (χ2v) is 9.90. The number of ether oxygens (including phenoxy) is 1. The van der Waals surface area contributed by atoms with Gasteiger partial charge in [-0.15, -0.1) is 0 Å². The van der Waals surface area contributed by atoms with Crippen molar-refractivity contribution in [1.82, 2.24) is 4.90 Å². The maximum Gasteiger partial charge on any atom is 0.304 e. The van der Waals surface area contributed by atoms with Gasteiger partial charge in [-0.3, -0.25) is 4.79 Å². The lowest BCUT2D eigenvalue weighted by molar-refractivity contribution is -0.137. The van der Waals surface area contributed by atoms with Gasteiger partial charge in [0, 0.05) is 17.5 Å². The van der Waals surface area contributed by atoms with Gasteiger partial charge in [0.25, 0.3) is 0 Å². The molecule has 1 fully saturated rings. The van der Waals surface area contributed by atoms with Crippen LogP contribution in [0, 0.1) is 6.92 Å². The van der Waals surface area contributed by atoms with Gasteiger partial charge in [0.1, 0.15) is 5.75 Å². The van der Waals surface area contributed by atoms with Crippen LogP contribution in [0.5, 0.6) is 5.75 Å². The zero-order valence-corrected chi connectivity index (χ0v) is 17.2. The number of carboxylic acids is 1. The van der Waals surface area contributed by atoms with E-state index in [0.29, 0.717) is 23.8 Å². The molecule has 0 amide bonds. The Bertz CT molecular complexity index is 1040. The highest BCUT2D eigenvalue weighted by Gasteiger charge is 2.43. The highest BCUT2D eigenvalue weighted by Crippen LogP contribution is 2.46. The zero-order valence-electron chi connectivity index (χ0n) is 16.4. The summed E-state index contributed by atoms with van der Waals surface area (Å²) in [5.41, 5.74) is 1.68. The number of aryl methyl sites for hydroxylation is 1. The Hall–Kier alpha value is -2.38. The van der Waals surface area contributed by atoms with Crippen molar-refractivity contribution in [1.29, 1.82) is 0 Å². The summed E-state index contributed by atoms with van der Waals surface area (Å²) >= 11 is 0. The van der Waals surface area contributed by atoms with E-state index in [9.17, 15) is 13.2 Å². The summed E-state index contributed by atoms with van der Waals surface area (Å²) in [6.45, 7) is 4.54. The number of hydrogen-bond acceptors (Lipinski definition) is 5. The van der Waals surface area contributed by atoms with Gasteiger partial charge in [-0.05, 0) is 56.6 Å². The molecule has 1 N–H and O–H groups in total. The van der Waals surface area contributed by atoms with Crippen molar-refractivity contribution in [3.63, 3.8) is 0 Å². The van der Waals surface area contributed by atoms with E-state index in [1.807, 2.05) is 12.1 Å². The molecular formula is C22H25NO5S. The molecule has 4 rings (SSSR count). The number of fused-ring (bicyclic) bond motifs is 2. The third kappa shape index (κ3) is 3.65. The highest BCUT2D eigenvalue weighted by atomic mass is 32.2. The van der Waals surface area contributed by atoms with Crippen molar-refractivity contribution >= 4 is 15.8 Å². The van der Waals surface area contributed by atoms with E-state index in [-0.39, 0.29) is 16.7 Å². The number of rotatable bonds is 5. The monoisotopic (exact) mass is 415 g/mol. The van der Waals surface area contributed by atoms with Crippen LogP contribution in [0.1, 0.15) is 30.4 Å². The number of benzene rings is 2. The fourth-order valence-electron chi connectivity index (χ4n) is 4.38. The lowest BCUT2D eigenvalue weighted by Gasteiger charge is -2.38. The molecule has 0 atom stereocenters. The largest absolute Gasteiger partial charge is 0.492 e. The minimum atomic E-state index is -3.60. The molecule has 0 bridgehead atoms. The number of piperidine rings is 1. The minimum Gasteiger partial charge on any atom is -0.492 e.